The summed E-state index contributed by atoms with van der Waals surface area (Å²) < 4.78 is 0. The average Bonchev–Trinajstić information content (AvgIpc) is 3.82. The molecule has 1 heterocycles. The molecule has 3 rings (SSSR count). The average molecular weight is 955 g/mol. The first-order valence-corrected chi connectivity index (χ1v) is 21.9. The highest BCUT2D eigenvalue weighted by Gasteiger charge is 2.38. The Hall–Kier alpha value is -7.02. The molecule has 14 N–H and O–H groups in total. The number of hydrogen-bond acceptors (Lipinski definition) is 14. The molecular weight excluding hydrogens is 893 g/mol. The Bertz CT molecular complexity index is 2080. The molecule has 0 aromatic heterocycles. The predicted molar refractivity (Wildman–Crippen MR) is 240 cm³/mol. The Kier molecular flexibility index (Phi) is 22.4. The van der Waals surface area contributed by atoms with Gasteiger partial charge in [0.15, 0.2) is 0 Å². The number of rotatable bonds is 26. The van der Waals surface area contributed by atoms with E-state index >= 15 is 0 Å². The van der Waals surface area contributed by atoms with E-state index in [1.807, 2.05) is 5.32 Å². The van der Waals surface area contributed by atoms with Gasteiger partial charge in [-0.1, -0.05) is 74.5 Å². The van der Waals surface area contributed by atoms with Crippen molar-refractivity contribution < 1.29 is 68.4 Å². The van der Waals surface area contributed by atoms with Gasteiger partial charge in [-0.3, -0.25) is 43.2 Å². The number of carboxylic acid groups (broad SMARTS) is 1. The van der Waals surface area contributed by atoms with Crippen LogP contribution in [0.1, 0.15) is 44.7 Å². The summed E-state index contributed by atoms with van der Waals surface area (Å²) in [5.74, 6) is -9.54. The summed E-state index contributed by atoms with van der Waals surface area (Å²) in [4.78, 5) is 131. The number of nitrogens with one attached hydrogen (secondary N) is 8. The van der Waals surface area contributed by atoms with Gasteiger partial charge in [0.1, 0.15) is 48.3 Å². The number of carbonyl (C=O) groups excluding carboxylic acids is 9. The molecule has 24 nitrogen and oxygen atoms in total. The Labute approximate surface area is 391 Å². The fraction of sp³-hybridized carbons (Fsp3) is 0.500. The van der Waals surface area contributed by atoms with Crippen LogP contribution in [0.5, 0.6) is 0 Å². The lowest BCUT2D eigenvalue weighted by atomic mass is 9.99. The lowest BCUT2D eigenvalue weighted by Crippen LogP contribution is -2.61. The van der Waals surface area contributed by atoms with Crippen molar-refractivity contribution in [1.82, 2.24) is 47.4 Å². The Morgan fingerprint density at radius 3 is 1.51 bits per heavy atom. The van der Waals surface area contributed by atoms with Crippen LogP contribution in [-0.4, -0.2) is 172 Å². The van der Waals surface area contributed by atoms with Crippen molar-refractivity contribution in [2.24, 2.45) is 11.7 Å². The van der Waals surface area contributed by atoms with Gasteiger partial charge in [-0.25, -0.2) is 4.79 Å². The van der Waals surface area contributed by atoms with Crippen LogP contribution < -0.4 is 48.3 Å². The third kappa shape index (κ3) is 17.0. The van der Waals surface area contributed by atoms with E-state index in [2.05, 4.69) is 37.2 Å². The summed E-state index contributed by atoms with van der Waals surface area (Å²) in [5, 5.41) is 56.8. The third-order valence-electron chi connectivity index (χ3n) is 10.7. The smallest absolute Gasteiger partial charge is 0.328 e. The maximum Gasteiger partial charge on any atom is 0.328 e. The lowest BCUT2D eigenvalue weighted by Gasteiger charge is -2.30. The minimum absolute atomic E-state index is 0.0609. The second-order valence-corrected chi connectivity index (χ2v) is 16.3. The quantitative estimate of drug-likeness (QED) is 0.0419. The van der Waals surface area contributed by atoms with Gasteiger partial charge in [0.2, 0.25) is 53.2 Å². The van der Waals surface area contributed by atoms with Gasteiger partial charge in [0, 0.05) is 19.4 Å². The summed E-state index contributed by atoms with van der Waals surface area (Å²) in [6, 6.07) is 6.30. The number of aliphatic carboxylic acids is 1. The highest BCUT2D eigenvalue weighted by molar-refractivity contribution is 5.98. The SMILES string of the molecule is CC(C)[C@H](NC(=O)[C@H](Cc1ccccc1)NC(=O)[C@H](Cc1ccccc1)NC(=O)[C@H](CO)NC(=O)CN)C(=O)N[C@@H](C)C(=O)N1CCC[C@H]1C(=O)NCC(=O)N[C@@H](CO)C(=O)N[C@@H](CO)C(=O)O. The maximum atomic E-state index is 14.2. The number of nitrogens with two attached hydrogens (primary N) is 1. The lowest BCUT2D eigenvalue weighted by molar-refractivity contribution is -0.143. The van der Waals surface area contributed by atoms with Gasteiger partial charge in [-0.2, -0.15) is 0 Å². The highest BCUT2D eigenvalue weighted by Crippen LogP contribution is 2.19. The molecule has 8 atom stereocenters. The van der Waals surface area contributed by atoms with Crippen LogP contribution in [0.2, 0.25) is 0 Å². The largest absolute Gasteiger partial charge is 0.480 e. The Balaban J connectivity index is 1.72. The molecule has 1 aliphatic rings. The normalized spacial score (nSPS) is 16.3. The molecule has 1 fully saturated rings. The van der Waals surface area contributed by atoms with E-state index in [1.54, 1.807) is 74.5 Å². The maximum absolute atomic E-state index is 14.2. The van der Waals surface area contributed by atoms with Gasteiger partial charge < -0.3 is 73.6 Å². The van der Waals surface area contributed by atoms with Crippen LogP contribution >= 0.6 is 0 Å². The van der Waals surface area contributed by atoms with E-state index in [0.29, 0.717) is 17.5 Å². The number of amides is 9. The molecule has 0 bridgehead atoms. The minimum Gasteiger partial charge on any atom is -0.480 e. The number of aliphatic hydroxyl groups is 3. The number of aliphatic hydroxyl groups excluding tert-OH is 3. The standard InChI is InChI=1S/C44H62N10O14/c1-24(2)36(42(65)47-25(3)43(66)54-16-10-15-33(54)41(64)46-20-35(59)49-31(22-56)40(63)52-32(23-57)44(67)68)53-38(61)29(18-27-13-8-5-9-14-27)50-37(60)28(17-26-11-6-4-7-12-26)51-39(62)30(21-55)48-34(58)19-45/h4-9,11-14,24-25,28-33,36,55-57H,10,15-23,45H2,1-3H3,(H,46,64)(H,47,65)(H,48,58)(H,49,59)(H,50,60)(H,51,62)(H,52,63)(H,53,61)(H,67,68)/t25-,28-,29-,30-,31-,32-,33-,36-/m0/s1. The summed E-state index contributed by atoms with van der Waals surface area (Å²) in [5.41, 5.74) is 6.61. The summed E-state index contributed by atoms with van der Waals surface area (Å²) in [6.07, 6.45) is 0.462. The van der Waals surface area contributed by atoms with Gasteiger partial charge in [-0.15, -0.1) is 0 Å². The van der Waals surface area contributed by atoms with Crippen LogP contribution in [0, 0.1) is 5.92 Å². The van der Waals surface area contributed by atoms with Crippen LogP contribution in [0.3, 0.4) is 0 Å². The summed E-state index contributed by atoms with van der Waals surface area (Å²) >= 11 is 0. The molecule has 68 heavy (non-hydrogen) atoms. The molecule has 0 radical (unpaired) electrons. The van der Waals surface area contributed by atoms with Crippen LogP contribution in [0.4, 0.5) is 0 Å². The molecule has 1 saturated heterocycles. The molecular formula is C44H62N10O14. The van der Waals surface area contributed by atoms with Crippen molar-refractivity contribution in [3.63, 3.8) is 0 Å². The fourth-order valence-electron chi connectivity index (χ4n) is 7.00. The number of benzene rings is 2. The third-order valence-corrected chi connectivity index (χ3v) is 10.7. The molecule has 0 aliphatic carbocycles. The molecule has 2 aromatic carbocycles. The highest BCUT2D eigenvalue weighted by atomic mass is 16.4. The molecule has 372 valence electrons. The van der Waals surface area contributed by atoms with E-state index < -0.39 is 146 Å². The summed E-state index contributed by atoms with van der Waals surface area (Å²) in [6.45, 7) is 0.927. The molecule has 9 amide bonds. The van der Waals surface area contributed by atoms with E-state index in [0.717, 1.165) is 0 Å². The molecule has 0 saturated carbocycles. The Morgan fingerprint density at radius 1 is 0.603 bits per heavy atom. The van der Waals surface area contributed by atoms with E-state index in [1.165, 1.54) is 11.8 Å². The van der Waals surface area contributed by atoms with Crippen molar-refractivity contribution in [2.75, 3.05) is 39.5 Å². The molecule has 24 heteroatoms. The molecule has 0 unspecified atom stereocenters. The van der Waals surface area contributed by atoms with Crippen molar-refractivity contribution in [2.45, 2.75) is 94.8 Å². The molecule has 1 aliphatic heterocycles. The number of carbonyl (C=O) groups is 10. The van der Waals surface area contributed by atoms with Gasteiger partial charge in [0.25, 0.3) is 0 Å². The Morgan fingerprint density at radius 2 is 1.06 bits per heavy atom. The zero-order chi connectivity index (χ0) is 50.5. The number of nitrogens with zero attached hydrogens (tertiary/aromatic N) is 1. The first-order chi connectivity index (χ1) is 32.3. The van der Waals surface area contributed by atoms with Crippen molar-refractivity contribution in [3.05, 3.63) is 71.8 Å². The first-order valence-electron chi connectivity index (χ1n) is 21.9. The number of carboxylic acids is 1. The van der Waals surface area contributed by atoms with E-state index in [4.69, 9.17) is 15.9 Å². The zero-order valence-electron chi connectivity index (χ0n) is 37.9. The van der Waals surface area contributed by atoms with Crippen LogP contribution in [-0.2, 0) is 60.8 Å². The first kappa shape index (κ1) is 55.3. The van der Waals surface area contributed by atoms with Crippen molar-refractivity contribution in [3.8, 4) is 0 Å². The summed E-state index contributed by atoms with van der Waals surface area (Å²) in [7, 11) is 0. The minimum atomic E-state index is -1.69. The fourth-order valence-corrected chi connectivity index (χ4v) is 7.00. The van der Waals surface area contributed by atoms with E-state index in [-0.39, 0.29) is 25.8 Å². The number of likely N-dealkylation sites (tertiary alicyclic amines) is 1. The molecule has 0 spiro atoms. The van der Waals surface area contributed by atoms with Gasteiger partial charge in [0.05, 0.1) is 32.9 Å². The predicted octanol–water partition coefficient (Wildman–Crippen LogP) is -5.33. The molecule has 2 aromatic rings. The van der Waals surface area contributed by atoms with E-state index in [9.17, 15) is 58.2 Å². The van der Waals surface area contributed by atoms with Crippen LogP contribution in [0.25, 0.3) is 0 Å². The zero-order valence-corrected chi connectivity index (χ0v) is 37.9. The van der Waals surface area contributed by atoms with Crippen LogP contribution in [0.15, 0.2) is 60.7 Å². The van der Waals surface area contributed by atoms with Gasteiger partial charge in [-0.05, 0) is 36.8 Å². The second kappa shape index (κ2) is 27.6. The van der Waals surface area contributed by atoms with Crippen molar-refractivity contribution >= 4 is 59.1 Å². The van der Waals surface area contributed by atoms with Gasteiger partial charge >= 0.3 is 5.97 Å². The topological polar surface area (TPSA) is 377 Å². The number of hydrogen-bond donors (Lipinski definition) is 13. The monoisotopic (exact) mass is 954 g/mol. The second-order valence-electron chi connectivity index (χ2n) is 16.3. The van der Waals surface area contributed by atoms with Crippen molar-refractivity contribution in [1.29, 1.82) is 0 Å².